The second-order valence-corrected chi connectivity index (χ2v) is 6.24. The van der Waals surface area contributed by atoms with Crippen LogP contribution in [-0.4, -0.2) is 40.7 Å². The number of aliphatic carboxylic acids is 1. The molecule has 0 saturated carbocycles. The Bertz CT molecular complexity index is 492. The number of hydrogen-bond acceptors (Lipinski definition) is 3. The first kappa shape index (κ1) is 15.2. The molecule has 2 rings (SSSR count). The molecule has 1 aromatic rings. The number of carboxylic acid groups (broad SMARTS) is 1. The van der Waals surface area contributed by atoms with E-state index in [9.17, 15) is 9.59 Å². The van der Waals surface area contributed by atoms with Gasteiger partial charge in [0.2, 0.25) is 5.91 Å². The molecule has 1 fully saturated rings. The minimum Gasteiger partial charge on any atom is -0.481 e. The topological polar surface area (TPSA) is 57.6 Å². The molecule has 20 heavy (non-hydrogen) atoms. The molecule has 0 spiro atoms. The Balaban J connectivity index is 1.85. The molecule has 1 amide bonds. The van der Waals surface area contributed by atoms with Crippen molar-refractivity contribution in [1.82, 2.24) is 4.90 Å². The number of halogens is 1. The third kappa shape index (κ3) is 4.15. The zero-order chi connectivity index (χ0) is 14.5. The molecule has 108 valence electrons. The number of rotatable bonds is 4. The Morgan fingerprint density at radius 2 is 2.05 bits per heavy atom. The number of benzene rings is 1. The Kier molecular flexibility index (Phi) is 5.31. The van der Waals surface area contributed by atoms with Crippen LogP contribution in [-0.2, 0) is 9.59 Å². The maximum absolute atomic E-state index is 12.1. The fourth-order valence-corrected chi connectivity index (χ4v) is 3.10. The molecule has 1 aromatic carbocycles. The smallest absolute Gasteiger partial charge is 0.308 e. The quantitative estimate of drug-likeness (QED) is 0.868. The molecule has 1 saturated heterocycles. The van der Waals surface area contributed by atoms with Crippen LogP contribution < -0.4 is 0 Å². The summed E-state index contributed by atoms with van der Waals surface area (Å²) in [5, 5.41) is 9.68. The molecule has 1 aliphatic rings. The molecular formula is C14H16ClNO3S. The van der Waals surface area contributed by atoms with Crippen molar-refractivity contribution in [3.8, 4) is 0 Å². The van der Waals surface area contributed by atoms with Gasteiger partial charge in [0, 0.05) is 23.0 Å². The summed E-state index contributed by atoms with van der Waals surface area (Å²) < 4.78 is 0. The van der Waals surface area contributed by atoms with E-state index in [1.165, 1.54) is 11.8 Å². The zero-order valence-electron chi connectivity index (χ0n) is 10.9. The second kappa shape index (κ2) is 6.99. The number of amides is 1. The van der Waals surface area contributed by atoms with Crippen molar-refractivity contribution in [1.29, 1.82) is 0 Å². The summed E-state index contributed by atoms with van der Waals surface area (Å²) in [6.45, 7) is 0.985. The highest BCUT2D eigenvalue weighted by atomic mass is 35.5. The van der Waals surface area contributed by atoms with E-state index in [4.69, 9.17) is 16.7 Å². The van der Waals surface area contributed by atoms with Crippen molar-refractivity contribution in [2.24, 2.45) is 5.92 Å². The van der Waals surface area contributed by atoms with E-state index in [2.05, 4.69) is 0 Å². The fourth-order valence-electron chi connectivity index (χ4n) is 2.17. The van der Waals surface area contributed by atoms with Crippen LogP contribution in [0.15, 0.2) is 29.2 Å². The Labute approximate surface area is 127 Å². The molecule has 0 aliphatic carbocycles. The van der Waals surface area contributed by atoms with Gasteiger partial charge in [0.1, 0.15) is 0 Å². The molecule has 6 heteroatoms. The van der Waals surface area contributed by atoms with Crippen molar-refractivity contribution in [2.75, 3.05) is 18.8 Å². The van der Waals surface area contributed by atoms with Crippen LogP contribution in [0, 0.1) is 5.92 Å². The van der Waals surface area contributed by atoms with Crippen LogP contribution in [0.3, 0.4) is 0 Å². The monoisotopic (exact) mass is 313 g/mol. The van der Waals surface area contributed by atoms with Crippen molar-refractivity contribution >= 4 is 35.2 Å². The standard InChI is InChI=1S/C14H16ClNO3S/c15-11-3-5-12(6-4-11)20-9-13(17)16-7-1-2-10(8-16)14(18)19/h3-6,10H,1-2,7-9H2,(H,18,19). The lowest BCUT2D eigenvalue weighted by atomic mass is 9.98. The summed E-state index contributed by atoms with van der Waals surface area (Å²) in [5.74, 6) is -0.912. The van der Waals surface area contributed by atoms with Gasteiger partial charge in [-0.25, -0.2) is 0 Å². The summed E-state index contributed by atoms with van der Waals surface area (Å²) in [6.07, 6.45) is 1.41. The van der Waals surface area contributed by atoms with Gasteiger partial charge in [0.15, 0.2) is 0 Å². The lowest BCUT2D eigenvalue weighted by Crippen LogP contribution is -2.43. The van der Waals surface area contributed by atoms with Crippen LogP contribution in [0.5, 0.6) is 0 Å². The third-order valence-corrected chi connectivity index (χ3v) is 4.55. The lowest BCUT2D eigenvalue weighted by Gasteiger charge is -2.30. The maximum atomic E-state index is 12.1. The number of thioether (sulfide) groups is 1. The van der Waals surface area contributed by atoms with Crippen molar-refractivity contribution in [3.05, 3.63) is 29.3 Å². The van der Waals surface area contributed by atoms with Gasteiger partial charge >= 0.3 is 5.97 Å². The first-order chi connectivity index (χ1) is 9.56. The van der Waals surface area contributed by atoms with Crippen LogP contribution >= 0.6 is 23.4 Å². The molecular weight excluding hydrogens is 298 g/mol. The Hall–Kier alpha value is -1.20. The molecule has 1 N–H and O–H groups in total. The van der Waals surface area contributed by atoms with E-state index >= 15 is 0 Å². The summed E-state index contributed by atoms with van der Waals surface area (Å²) in [4.78, 5) is 25.7. The fraction of sp³-hybridized carbons (Fsp3) is 0.429. The van der Waals surface area contributed by atoms with Crippen molar-refractivity contribution in [3.63, 3.8) is 0 Å². The SMILES string of the molecule is O=C(O)C1CCCN(C(=O)CSc2ccc(Cl)cc2)C1. The summed E-state index contributed by atoms with van der Waals surface area (Å²) >= 11 is 7.25. The van der Waals surface area contributed by atoms with E-state index in [1.807, 2.05) is 12.1 Å². The maximum Gasteiger partial charge on any atom is 0.308 e. The average molecular weight is 314 g/mol. The first-order valence-corrected chi connectivity index (χ1v) is 7.81. The molecule has 1 aliphatic heterocycles. The van der Waals surface area contributed by atoms with Crippen LogP contribution in [0.25, 0.3) is 0 Å². The van der Waals surface area contributed by atoms with E-state index < -0.39 is 11.9 Å². The van der Waals surface area contributed by atoms with E-state index in [0.29, 0.717) is 30.3 Å². The Morgan fingerprint density at radius 1 is 1.35 bits per heavy atom. The predicted octanol–water partition coefficient (Wildman–Crippen LogP) is 2.76. The van der Waals surface area contributed by atoms with Crippen LogP contribution in [0.4, 0.5) is 0 Å². The molecule has 1 atom stereocenters. The number of carboxylic acids is 1. The molecule has 0 aromatic heterocycles. The number of carbonyl (C=O) groups is 2. The number of carbonyl (C=O) groups excluding carboxylic acids is 1. The van der Waals surface area contributed by atoms with Gasteiger partial charge in [0.05, 0.1) is 11.7 Å². The van der Waals surface area contributed by atoms with Crippen LogP contribution in [0.2, 0.25) is 5.02 Å². The predicted molar refractivity (Wildman–Crippen MR) is 79.1 cm³/mol. The first-order valence-electron chi connectivity index (χ1n) is 6.45. The van der Waals surface area contributed by atoms with Gasteiger partial charge in [-0.15, -0.1) is 11.8 Å². The Morgan fingerprint density at radius 3 is 2.70 bits per heavy atom. The molecule has 4 nitrogen and oxygen atoms in total. The van der Waals surface area contributed by atoms with Gasteiger partial charge < -0.3 is 10.0 Å². The number of nitrogens with zero attached hydrogens (tertiary/aromatic N) is 1. The highest BCUT2D eigenvalue weighted by Crippen LogP contribution is 2.22. The van der Waals surface area contributed by atoms with Crippen LogP contribution in [0.1, 0.15) is 12.8 Å². The summed E-state index contributed by atoms with van der Waals surface area (Å²) in [7, 11) is 0. The van der Waals surface area contributed by atoms with E-state index in [-0.39, 0.29) is 5.91 Å². The van der Waals surface area contributed by atoms with Crippen molar-refractivity contribution in [2.45, 2.75) is 17.7 Å². The van der Waals surface area contributed by atoms with Gasteiger partial charge in [-0.05, 0) is 37.1 Å². The molecule has 0 bridgehead atoms. The highest BCUT2D eigenvalue weighted by Gasteiger charge is 2.27. The number of hydrogen-bond donors (Lipinski definition) is 1. The minimum atomic E-state index is -0.812. The molecule has 1 heterocycles. The third-order valence-electron chi connectivity index (χ3n) is 3.30. The van der Waals surface area contributed by atoms with Gasteiger partial charge in [0.25, 0.3) is 0 Å². The highest BCUT2D eigenvalue weighted by molar-refractivity contribution is 8.00. The molecule has 0 radical (unpaired) electrons. The largest absolute Gasteiger partial charge is 0.481 e. The van der Waals surface area contributed by atoms with Gasteiger partial charge in [-0.1, -0.05) is 11.6 Å². The number of piperidine rings is 1. The van der Waals surface area contributed by atoms with Crippen molar-refractivity contribution < 1.29 is 14.7 Å². The zero-order valence-corrected chi connectivity index (χ0v) is 12.5. The normalized spacial score (nSPS) is 18.9. The lowest BCUT2D eigenvalue weighted by molar-refractivity contribution is -0.145. The number of likely N-dealkylation sites (tertiary alicyclic amines) is 1. The molecule has 1 unspecified atom stereocenters. The second-order valence-electron chi connectivity index (χ2n) is 4.76. The van der Waals surface area contributed by atoms with Gasteiger partial charge in [-0.3, -0.25) is 9.59 Å². The average Bonchev–Trinajstić information content (AvgIpc) is 2.46. The van der Waals surface area contributed by atoms with E-state index in [1.54, 1.807) is 17.0 Å². The van der Waals surface area contributed by atoms with Gasteiger partial charge in [-0.2, -0.15) is 0 Å². The summed E-state index contributed by atoms with van der Waals surface area (Å²) in [6, 6.07) is 7.32. The minimum absolute atomic E-state index is 0.00380. The van der Waals surface area contributed by atoms with E-state index in [0.717, 1.165) is 11.3 Å². The summed E-state index contributed by atoms with van der Waals surface area (Å²) in [5.41, 5.74) is 0.